The van der Waals surface area contributed by atoms with Crippen molar-refractivity contribution in [3.05, 3.63) is 60.7 Å². The highest BCUT2D eigenvalue weighted by molar-refractivity contribution is 6.99. The smallest absolute Gasteiger partial charge is 0.261 e. The van der Waals surface area contributed by atoms with Crippen molar-refractivity contribution >= 4 is 24.5 Å². The van der Waals surface area contributed by atoms with Gasteiger partial charge in [0.2, 0.25) is 0 Å². The van der Waals surface area contributed by atoms with E-state index in [1.54, 1.807) is 0 Å². The number of hydrogen-bond acceptors (Lipinski definition) is 5. The van der Waals surface area contributed by atoms with Crippen molar-refractivity contribution in [2.45, 2.75) is 101 Å². The summed E-state index contributed by atoms with van der Waals surface area (Å²) < 4.78 is 26.2. The van der Waals surface area contributed by atoms with E-state index in [0.717, 1.165) is 25.7 Å². The number of carbonyl (C=O) groups excluding carboxylic acids is 1. The van der Waals surface area contributed by atoms with Crippen molar-refractivity contribution in [1.82, 2.24) is 0 Å². The fourth-order valence-corrected chi connectivity index (χ4v) is 11.1. The molecule has 1 unspecified atom stereocenters. The van der Waals surface area contributed by atoms with E-state index in [0.29, 0.717) is 6.42 Å². The molecule has 1 aliphatic carbocycles. The van der Waals surface area contributed by atoms with Crippen LogP contribution in [0.3, 0.4) is 0 Å². The summed E-state index contributed by atoms with van der Waals surface area (Å²) in [4.78, 5) is 12.7. The van der Waals surface area contributed by atoms with Gasteiger partial charge in [-0.1, -0.05) is 87.9 Å². The van der Waals surface area contributed by atoms with Gasteiger partial charge in [-0.05, 0) is 35.2 Å². The maximum atomic E-state index is 12.7. The summed E-state index contributed by atoms with van der Waals surface area (Å²) in [5.41, 5.74) is 0. The van der Waals surface area contributed by atoms with Crippen LogP contribution >= 0.6 is 0 Å². The molecule has 4 atom stereocenters. The van der Waals surface area contributed by atoms with Crippen LogP contribution < -0.4 is 10.4 Å². The van der Waals surface area contributed by atoms with Gasteiger partial charge in [0.25, 0.3) is 8.32 Å². The Balaban J connectivity index is 1.42. The molecule has 1 saturated carbocycles. The van der Waals surface area contributed by atoms with E-state index in [1.807, 2.05) is 0 Å². The zero-order valence-corrected chi connectivity index (χ0v) is 23.1. The molecule has 1 spiro atoms. The summed E-state index contributed by atoms with van der Waals surface area (Å²) in [6.07, 6.45) is 4.49. The predicted octanol–water partition coefficient (Wildman–Crippen LogP) is 4.75. The number of Topliss-reactive ketones (excluding diaryl/α,β-unsaturated/α-hetero) is 1. The van der Waals surface area contributed by atoms with Crippen LogP contribution in [-0.2, 0) is 23.4 Å². The average Bonchev–Trinajstić information content (AvgIpc) is 3.24. The van der Waals surface area contributed by atoms with Gasteiger partial charge < -0.3 is 18.6 Å². The number of hydrogen-bond donors (Lipinski definition) is 0. The molecule has 0 radical (unpaired) electrons. The minimum atomic E-state index is -2.68. The molecule has 0 amide bonds. The number of fused-ring (bicyclic) bond motifs is 1. The summed E-state index contributed by atoms with van der Waals surface area (Å²) in [5, 5.41) is 2.42. The highest BCUT2D eigenvalue weighted by Gasteiger charge is 2.56. The third-order valence-electron chi connectivity index (χ3n) is 8.09. The molecule has 0 N–H and O–H groups in total. The summed E-state index contributed by atoms with van der Waals surface area (Å²) in [6.45, 7) is 9.09. The third-order valence-corrected chi connectivity index (χ3v) is 13.2. The van der Waals surface area contributed by atoms with Gasteiger partial charge in [-0.2, -0.15) is 0 Å². The van der Waals surface area contributed by atoms with Crippen molar-refractivity contribution in [3.63, 3.8) is 0 Å². The van der Waals surface area contributed by atoms with Gasteiger partial charge >= 0.3 is 0 Å². The van der Waals surface area contributed by atoms with E-state index < -0.39 is 20.2 Å². The van der Waals surface area contributed by atoms with E-state index in [-0.39, 0.29) is 35.7 Å². The lowest BCUT2D eigenvalue weighted by Crippen LogP contribution is -2.67. The lowest BCUT2D eigenvalue weighted by atomic mass is 9.94. The molecule has 0 bridgehead atoms. The molecule has 2 heterocycles. The minimum Gasteiger partial charge on any atom is -0.405 e. The van der Waals surface area contributed by atoms with E-state index in [4.69, 9.17) is 18.6 Å². The summed E-state index contributed by atoms with van der Waals surface area (Å²) in [5.74, 6) is -0.614. The van der Waals surface area contributed by atoms with Gasteiger partial charge in [-0.15, -0.1) is 0 Å². The van der Waals surface area contributed by atoms with Crippen LogP contribution in [0.5, 0.6) is 0 Å². The Morgan fingerprint density at radius 3 is 2.08 bits per heavy atom. The van der Waals surface area contributed by atoms with E-state index >= 15 is 0 Å². The second-order valence-corrected chi connectivity index (χ2v) is 16.0. The van der Waals surface area contributed by atoms with Crippen LogP contribution in [0.15, 0.2) is 60.7 Å². The Labute approximate surface area is 216 Å². The molecule has 3 aliphatic rings. The molecule has 5 rings (SSSR count). The molecule has 194 valence electrons. The summed E-state index contributed by atoms with van der Waals surface area (Å²) in [7, 11) is -2.68. The summed E-state index contributed by atoms with van der Waals surface area (Å²) in [6, 6.07) is 21.4. The predicted molar refractivity (Wildman–Crippen MR) is 143 cm³/mol. The fraction of sp³-hybridized carbons (Fsp3) is 0.567. The summed E-state index contributed by atoms with van der Waals surface area (Å²) >= 11 is 0. The van der Waals surface area contributed by atoms with Crippen molar-refractivity contribution in [3.8, 4) is 0 Å². The van der Waals surface area contributed by atoms with Gasteiger partial charge in [-0.3, -0.25) is 4.79 Å². The first kappa shape index (κ1) is 25.8. The molecule has 2 aromatic carbocycles. The Bertz CT molecular complexity index is 989. The quantitative estimate of drug-likeness (QED) is 0.527. The standard InChI is InChI=1S/C30H40O5Si/c1-22(20-26-28-27(25(31)21-32-26)33-30(34-28)18-12-7-13-19-30)35-36(29(2,3)4,23-14-8-5-9-15-23)24-16-10-6-11-17-24/h5-6,8-11,14-17,22,26-28H,7,12-13,18-21H2,1-4H3/t22?,26-,27+,28-/m0/s1. The lowest BCUT2D eigenvalue weighted by Gasteiger charge is -2.45. The van der Waals surface area contributed by atoms with Crippen molar-refractivity contribution < 1.29 is 23.4 Å². The molecule has 36 heavy (non-hydrogen) atoms. The van der Waals surface area contributed by atoms with Crippen LogP contribution in [-0.4, -0.2) is 50.9 Å². The molecule has 2 saturated heterocycles. The second kappa shape index (κ2) is 10.1. The highest BCUT2D eigenvalue weighted by atomic mass is 28.4. The van der Waals surface area contributed by atoms with E-state index in [2.05, 4.69) is 88.4 Å². The number of benzene rings is 2. The molecule has 2 aliphatic heterocycles. The lowest BCUT2D eigenvalue weighted by molar-refractivity contribution is -0.199. The van der Waals surface area contributed by atoms with E-state index in [1.165, 1.54) is 16.8 Å². The monoisotopic (exact) mass is 508 g/mol. The van der Waals surface area contributed by atoms with Crippen LogP contribution in [0, 0.1) is 0 Å². The Morgan fingerprint density at radius 2 is 1.53 bits per heavy atom. The first-order chi connectivity index (χ1) is 17.2. The van der Waals surface area contributed by atoms with Gasteiger partial charge in [0, 0.05) is 25.4 Å². The first-order valence-corrected chi connectivity index (χ1v) is 15.4. The molecular formula is C30H40O5Si. The number of rotatable bonds is 6. The Morgan fingerprint density at radius 1 is 0.944 bits per heavy atom. The SMILES string of the molecule is CC(C[C@@H]1OCC(=O)[C@H]2OC3(CCCCC3)O[C@@H]12)O[Si](c1ccccc1)(c1ccccc1)C(C)(C)C. The van der Waals surface area contributed by atoms with Gasteiger partial charge in [0.05, 0.1) is 6.10 Å². The van der Waals surface area contributed by atoms with Gasteiger partial charge in [0.15, 0.2) is 17.7 Å². The first-order valence-electron chi connectivity index (χ1n) is 13.5. The highest BCUT2D eigenvalue weighted by Crippen LogP contribution is 2.44. The molecule has 2 aromatic rings. The third kappa shape index (κ3) is 4.74. The van der Waals surface area contributed by atoms with Crippen LogP contribution in [0.2, 0.25) is 5.04 Å². The fourth-order valence-electron chi connectivity index (χ4n) is 6.42. The molecule has 6 heteroatoms. The Kier molecular flexibility index (Phi) is 7.27. The molecule has 5 nitrogen and oxygen atoms in total. The number of carbonyl (C=O) groups is 1. The van der Waals surface area contributed by atoms with Crippen molar-refractivity contribution in [2.24, 2.45) is 0 Å². The van der Waals surface area contributed by atoms with Crippen LogP contribution in [0.1, 0.15) is 66.2 Å². The maximum absolute atomic E-state index is 12.7. The van der Waals surface area contributed by atoms with Crippen molar-refractivity contribution in [1.29, 1.82) is 0 Å². The largest absolute Gasteiger partial charge is 0.405 e. The zero-order valence-electron chi connectivity index (χ0n) is 22.1. The molecule has 0 aromatic heterocycles. The molecular weight excluding hydrogens is 468 g/mol. The molecule has 3 fully saturated rings. The van der Waals surface area contributed by atoms with Crippen LogP contribution in [0.4, 0.5) is 0 Å². The number of ether oxygens (including phenoxy) is 3. The normalized spacial score (nSPS) is 27.1. The topological polar surface area (TPSA) is 54.0 Å². The zero-order chi connectivity index (χ0) is 25.4. The number of ketones is 1. The van der Waals surface area contributed by atoms with Crippen molar-refractivity contribution in [2.75, 3.05) is 6.61 Å². The van der Waals surface area contributed by atoms with Crippen LogP contribution in [0.25, 0.3) is 0 Å². The second-order valence-electron chi connectivity index (χ2n) is 11.7. The average molecular weight is 509 g/mol. The Hall–Kier alpha value is -1.83. The van der Waals surface area contributed by atoms with Gasteiger partial charge in [-0.25, -0.2) is 0 Å². The minimum absolute atomic E-state index is 0.000690. The maximum Gasteiger partial charge on any atom is 0.261 e. The van der Waals surface area contributed by atoms with E-state index in [9.17, 15) is 4.79 Å². The van der Waals surface area contributed by atoms with Gasteiger partial charge in [0.1, 0.15) is 12.7 Å².